The Bertz CT molecular complexity index is 706. The van der Waals surface area contributed by atoms with E-state index in [1.165, 1.54) is 12.8 Å². The molecule has 0 radical (unpaired) electrons. The predicted octanol–water partition coefficient (Wildman–Crippen LogP) is 2.76. The van der Waals surface area contributed by atoms with Crippen molar-refractivity contribution in [3.63, 3.8) is 0 Å². The molecule has 1 aliphatic heterocycles. The fourth-order valence-electron chi connectivity index (χ4n) is 2.57. The summed E-state index contributed by atoms with van der Waals surface area (Å²) >= 11 is 0. The van der Waals surface area contributed by atoms with Crippen molar-refractivity contribution < 1.29 is 9.53 Å². The van der Waals surface area contributed by atoms with Crippen LogP contribution in [0.15, 0.2) is 30.3 Å². The van der Waals surface area contributed by atoms with E-state index < -0.39 is 0 Å². The molecule has 0 spiro atoms. The van der Waals surface area contributed by atoms with Gasteiger partial charge in [-0.15, -0.1) is 35.0 Å². The maximum atomic E-state index is 12.2. The second kappa shape index (κ2) is 9.29. The SMILES string of the molecule is COc1ccc(NC(=O)c2ccc(N3CCCC3)nn2)cc1N.Cl.Cl. The molecule has 9 heteroatoms. The van der Waals surface area contributed by atoms with Crippen molar-refractivity contribution in [2.45, 2.75) is 12.8 Å². The minimum absolute atomic E-state index is 0. The lowest BCUT2D eigenvalue weighted by Crippen LogP contribution is -2.21. The van der Waals surface area contributed by atoms with Crippen LogP contribution in [0.4, 0.5) is 17.2 Å². The molecule has 1 aromatic heterocycles. The van der Waals surface area contributed by atoms with Crippen molar-refractivity contribution in [1.82, 2.24) is 10.2 Å². The molecular weight excluding hydrogens is 365 g/mol. The Kier molecular flexibility index (Phi) is 7.73. The molecule has 25 heavy (non-hydrogen) atoms. The van der Waals surface area contributed by atoms with Crippen LogP contribution in [0.1, 0.15) is 23.3 Å². The van der Waals surface area contributed by atoms with Gasteiger partial charge in [-0.3, -0.25) is 4.79 Å². The number of carbonyl (C=O) groups excluding carboxylic acids is 1. The third-order valence-electron chi connectivity index (χ3n) is 3.80. The first-order valence-electron chi connectivity index (χ1n) is 7.51. The van der Waals surface area contributed by atoms with Gasteiger partial charge < -0.3 is 20.7 Å². The van der Waals surface area contributed by atoms with Crippen LogP contribution in [-0.2, 0) is 0 Å². The highest BCUT2D eigenvalue weighted by molar-refractivity contribution is 6.03. The zero-order chi connectivity index (χ0) is 16.2. The molecule has 0 saturated carbocycles. The Morgan fingerprint density at radius 3 is 2.44 bits per heavy atom. The smallest absolute Gasteiger partial charge is 0.276 e. The van der Waals surface area contributed by atoms with E-state index in [0.29, 0.717) is 17.1 Å². The van der Waals surface area contributed by atoms with Crippen LogP contribution >= 0.6 is 24.8 Å². The number of carbonyl (C=O) groups is 1. The molecule has 7 nitrogen and oxygen atoms in total. The number of nitrogen functional groups attached to an aromatic ring is 1. The zero-order valence-electron chi connectivity index (χ0n) is 13.8. The van der Waals surface area contributed by atoms with Gasteiger partial charge >= 0.3 is 0 Å². The van der Waals surface area contributed by atoms with Crippen molar-refractivity contribution in [2.75, 3.05) is 36.1 Å². The van der Waals surface area contributed by atoms with Gasteiger partial charge in [-0.05, 0) is 43.2 Å². The highest BCUT2D eigenvalue weighted by Gasteiger charge is 2.15. The Hall–Kier alpha value is -2.25. The van der Waals surface area contributed by atoms with E-state index in [9.17, 15) is 4.79 Å². The molecule has 1 aliphatic rings. The van der Waals surface area contributed by atoms with Gasteiger partial charge in [-0.1, -0.05) is 0 Å². The molecule has 0 bridgehead atoms. The number of nitrogens with one attached hydrogen (secondary N) is 1. The largest absolute Gasteiger partial charge is 0.495 e. The molecule has 0 aliphatic carbocycles. The second-order valence-electron chi connectivity index (χ2n) is 5.38. The van der Waals surface area contributed by atoms with Gasteiger partial charge in [-0.2, -0.15) is 0 Å². The normalized spacial score (nSPS) is 12.8. The fourth-order valence-corrected chi connectivity index (χ4v) is 2.57. The fraction of sp³-hybridized carbons (Fsp3) is 0.312. The van der Waals surface area contributed by atoms with Crippen LogP contribution < -0.4 is 20.7 Å². The van der Waals surface area contributed by atoms with Crippen LogP contribution in [0.2, 0.25) is 0 Å². The first-order chi connectivity index (χ1) is 11.2. The van der Waals surface area contributed by atoms with E-state index >= 15 is 0 Å². The summed E-state index contributed by atoms with van der Waals surface area (Å²) in [6, 6.07) is 8.58. The molecule has 1 fully saturated rings. The third kappa shape index (κ3) is 4.87. The quantitative estimate of drug-likeness (QED) is 0.785. The number of nitrogens with two attached hydrogens (primary N) is 1. The van der Waals surface area contributed by atoms with Crippen LogP contribution in [-0.4, -0.2) is 36.3 Å². The summed E-state index contributed by atoms with van der Waals surface area (Å²) in [5, 5.41) is 10.9. The number of hydrogen-bond acceptors (Lipinski definition) is 6. The van der Waals surface area contributed by atoms with Crippen LogP contribution in [0.5, 0.6) is 5.75 Å². The van der Waals surface area contributed by atoms with E-state index in [1.54, 1.807) is 31.4 Å². The Morgan fingerprint density at radius 1 is 1.16 bits per heavy atom. The number of hydrogen-bond donors (Lipinski definition) is 2. The van der Waals surface area contributed by atoms with Crippen molar-refractivity contribution in [1.29, 1.82) is 0 Å². The number of ether oxygens (including phenoxy) is 1. The summed E-state index contributed by atoms with van der Waals surface area (Å²) in [6.07, 6.45) is 2.34. The number of methoxy groups -OCH3 is 1. The Labute approximate surface area is 158 Å². The van der Waals surface area contributed by atoms with Crippen molar-refractivity contribution in [2.24, 2.45) is 0 Å². The number of amides is 1. The molecule has 2 aromatic rings. The Morgan fingerprint density at radius 2 is 1.88 bits per heavy atom. The highest BCUT2D eigenvalue weighted by atomic mass is 35.5. The lowest BCUT2D eigenvalue weighted by molar-refractivity contribution is 0.102. The van der Waals surface area contributed by atoms with Gasteiger partial charge in [0.1, 0.15) is 5.75 Å². The number of benzene rings is 1. The van der Waals surface area contributed by atoms with Crippen molar-refractivity contribution in [3.8, 4) is 5.75 Å². The van der Waals surface area contributed by atoms with E-state index in [-0.39, 0.29) is 36.4 Å². The van der Waals surface area contributed by atoms with E-state index in [2.05, 4.69) is 20.4 Å². The van der Waals surface area contributed by atoms with Crippen molar-refractivity contribution >= 4 is 47.9 Å². The highest BCUT2D eigenvalue weighted by Crippen LogP contribution is 2.24. The number of aromatic nitrogens is 2. The first-order valence-corrected chi connectivity index (χ1v) is 7.51. The lowest BCUT2D eigenvalue weighted by Gasteiger charge is -2.15. The van der Waals surface area contributed by atoms with E-state index in [0.717, 1.165) is 18.9 Å². The summed E-state index contributed by atoms with van der Waals surface area (Å²) < 4.78 is 5.09. The number of nitrogens with zero attached hydrogens (tertiary/aromatic N) is 3. The summed E-state index contributed by atoms with van der Waals surface area (Å²) in [6.45, 7) is 1.98. The molecule has 1 aromatic carbocycles. The molecular formula is C16H21Cl2N5O2. The number of rotatable bonds is 4. The van der Waals surface area contributed by atoms with Crippen LogP contribution in [0, 0.1) is 0 Å². The van der Waals surface area contributed by atoms with Gasteiger partial charge in [0.2, 0.25) is 0 Å². The molecule has 136 valence electrons. The average Bonchev–Trinajstić information content (AvgIpc) is 3.09. The predicted molar refractivity (Wildman–Crippen MR) is 103 cm³/mol. The number of anilines is 3. The maximum Gasteiger partial charge on any atom is 0.276 e. The number of halogens is 2. The first kappa shape index (κ1) is 20.8. The molecule has 3 N–H and O–H groups in total. The van der Waals surface area contributed by atoms with Gasteiger partial charge in [0.05, 0.1) is 12.8 Å². The van der Waals surface area contributed by atoms with Gasteiger partial charge in [0, 0.05) is 18.8 Å². The summed E-state index contributed by atoms with van der Waals surface area (Å²) in [4.78, 5) is 14.4. The second-order valence-corrected chi connectivity index (χ2v) is 5.38. The molecule has 3 rings (SSSR count). The standard InChI is InChI=1S/C16H19N5O2.2ClH/c1-23-14-6-4-11(10-12(14)17)18-16(22)13-5-7-15(20-19-13)21-8-2-3-9-21;;/h4-7,10H,2-3,8-9,17H2,1H3,(H,18,22);2*1H. The van der Waals surface area contributed by atoms with E-state index in [4.69, 9.17) is 10.5 Å². The van der Waals surface area contributed by atoms with Crippen molar-refractivity contribution in [3.05, 3.63) is 36.0 Å². The molecule has 1 saturated heterocycles. The van der Waals surface area contributed by atoms with E-state index in [1.807, 2.05) is 6.07 Å². The average molecular weight is 386 g/mol. The van der Waals surface area contributed by atoms with Gasteiger partial charge in [-0.25, -0.2) is 0 Å². The third-order valence-corrected chi connectivity index (χ3v) is 3.80. The van der Waals surface area contributed by atoms with Crippen LogP contribution in [0.3, 0.4) is 0 Å². The lowest BCUT2D eigenvalue weighted by atomic mass is 10.2. The Balaban J connectivity index is 0.00000156. The van der Waals surface area contributed by atoms with Gasteiger partial charge in [0.25, 0.3) is 5.91 Å². The molecule has 1 amide bonds. The van der Waals surface area contributed by atoms with Gasteiger partial charge in [0.15, 0.2) is 11.5 Å². The molecule has 2 heterocycles. The zero-order valence-corrected chi connectivity index (χ0v) is 15.4. The minimum atomic E-state index is -0.324. The summed E-state index contributed by atoms with van der Waals surface area (Å²) in [5.41, 5.74) is 7.13. The van der Waals surface area contributed by atoms with Crippen LogP contribution in [0.25, 0.3) is 0 Å². The summed E-state index contributed by atoms with van der Waals surface area (Å²) in [5.74, 6) is 1.06. The molecule has 0 unspecified atom stereocenters. The molecule has 0 atom stereocenters. The minimum Gasteiger partial charge on any atom is -0.495 e. The maximum absolute atomic E-state index is 12.2. The monoisotopic (exact) mass is 385 g/mol. The topological polar surface area (TPSA) is 93.4 Å². The summed E-state index contributed by atoms with van der Waals surface area (Å²) in [7, 11) is 1.54.